The van der Waals surface area contributed by atoms with Crippen molar-refractivity contribution < 1.29 is 13.9 Å². The average Bonchev–Trinajstić information content (AvgIpc) is 2.27. The normalized spacial score (nSPS) is 11.1. The van der Waals surface area contributed by atoms with Crippen molar-refractivity contribution in [3.8, 4) is 6.07 Å². The number of rotatable bonds is 3. The summed E-state index contributed by atoms with van der Waals surface area (Å²) in [6, 6.07) is 7.24. The number of nitrogens with zero attached hydrogens (tertiary/aromatic N) is 1. The highest BCUT2D eigenvalue weighted by molar-refractivity contribution is 5.97. The van der Waals surface area contributed by atoms with Crippen LogP contribution in [-0.2, 0) is 9.53 Å². The first-order valence-electron chi connectivity index (χ1n) is 5.11. The number of benzene rings is 1. The Balaban J connectivity index is 2.91. The van der Waals surface area contributed by atoms with Crippen molar-refractivity contribution in [3.63, 3.8) is 0 Å². The van der Waals surface area contributed by atoms with Gasteiger partial charge in [0, 0.05) is 0 Å². The number of ether oxygens (including phenoxy) is 1. The smallest absolute Gasteiger partial charge is 0.349 e. The maximum Gasteiger partial charge on any atom is 0.349 e. The molecule has 88 valence electrons. The Morgan fingerprint density at radius 3 is 2.47 bits per heavy atom. The molecule has 0 bridgehead atoms. The third-order valence-electron chi connectivity index (χ3n) is 1.86. The molecule has 0 spiro atoms. The van der Waals surface area contributed by atoms with E-state index in [2.05, 4.69) is 0 Å². The zero-order valence-electron chi connectivity index (χ0n) is 9.61. The van der Waals surface area contributed by atoms with Gasteiger partial charge in [-0.15, -0.1) is 0 Å². The number of halogens is 1. The molecule has 0 atom stereocenters. The number of nitriles is 1. The monoisotopic (exact) mass is 233 g/mol. The zero-order valence-corrected chi connectivity index (χ0v) is 9.61. The van der Waals surface area contributed by atoms with Gasteiger partial charge in [-0.05, 0) is 37.6 Å². The van der Waals surface area contributed by atoms with Crippen LogP contribution in [0.5, 0.6) is 0 Å². The molecule has 0 fully saturated rings. The second kappa shape index (κ2) is 5.80. The number of hydrogen-bond acceptors (Lipinski definition) is 3. The van der Waals surface area contributed by atoms with E-state index in [1.165, 1.54) is 30.3 Å². The van der Waals surface area contributed by atoms with Crippen molar-refractivity contribution in [2.24, 2.45) is 0 Å². The fourth-order valence-electron chi connectivity index (χ4n) is 1.14. The lowest BCUT2D eigenvalue weighted by Crippen LogP contribution is -2.12. The van der Waals surface area contributed by atoms with E-state index in [-0.39, 0.29) is 17.5 Å². The SMILES string of the molecule is CC(C)OC(=O)/C(C#N)=C/c1ccc(F)cc1. The first-order chi connectivity index (χ1) is 8.02. The van der Waals surface area contributed by atoms with E-state index < -0.39 is 5.97 Å². The summed E-state index contributed by atoms with van der Waals surface area (Å²) in [4.78, 5) is 11.5. The maximum absolute atomic E-state index is 12.7. The molecule has 0 saturated carbocycles. The van der Waals surface area contributed by atoms with E-state index in [4.69, 9.17) is 10.00 Å². The summed E-state index contributed by atoms with van der Waals surface area (Å²) in [5.41, 5.74) is 0.467. The first kappa shape index (κ1) is 12.9. The summed E-state index contributed by atoms with van der Waals surface area (Å²) >= 11 is 0. The Bertz CT molecular complexity index is 469. The van der Waals surface area contributed by atoms with Crippen molar-refractivity contribution in [1.82, 2.24) is 0 Å². The molecular weight excluding hydrogens is 221 g/mol. The largest absolute Gasteiger partial charge is 0.459 e. The number of carbonyl (C=O) groups excluding carboxylic acids is 1. The van der Waals surface area contributed by atoms with Gasteiger partial charge in [-0.2, -0.15) is 5.26 Å². The van der Waals surface area contributed by atoms with E-state index >= 15 is 0 Å². The summed E-state index contributed by atoms with van der Waals surface area (Å²) in [5, 5.41) is 8.83. The van der Waals surface area contributed by atoms with Crippen LogP contribution < -0.4 is 0 Å². The summed E-state index contributed by atoms with van der Waals surface area (Å²) in [6.07, 6.45) is 1.08. The highest BCUT2D eigenvalue weighted by atomic mass is 19.1. The molecule has 0 aromatic heterocycles. The Labute approximate surface area is 99.1 Å². The van der Waals surface area contributed by atoms with Gasteiger partial charge in [0.2, 0.25) is 0 Å². The molecular formula is C13H12FNO2. The van der Waals surface area contributed by atoms with Gasteiger partial charge in [0.15, 0.2) is 0 Å². The minimum absolute atomic E-state index is 0.106. The minimum Gasteiger partial charge on any atom is -0.459 e. The van der Waals surface area contributed by atoms with Gasteiger partial charge < -0.3 is 4.74 Å². The molecule has 0 aliphatic rings. The summed E-state index contributed by atoms with van der Waals surface area (Å²) < 4.78 is 17.6. The molecule has 0 radical (unpaired) electrons. The van der Waals surface area contributed by atoms with Crippen LogP contribution in [0.3, 0.4) is 0 Å². The molecule has 4 heteroatoms. The van der Waals surface area contributed by atoms with Crippen molar-refractivity contribution in [1.29, 1.82) is 5.26 Å². The third-order valence-corrected chi connectivity index (χ3v) is 1.86. The highest BCUT2D eigenvalue weighted by Crippen LogP contribution is 2.10. The summed E-state index contributed by atoms with van der Waals surface area (Å²) in [5.74, 6) is -1.04. The van der Waals surface area contributed by atoms with Gasteiger partial charge in [0.05, 0.1) is 6.10 Å². The second-order valence-electron chi connectivity index (χ2n) is 3.68. The van der Waals surface area contributed by atoms with Crippen LogP contribution in [0.15, 0.2) is 29.8 Å². The Kier molecular flexibility index (Phi) is 4.41. The Hall–Kier alpha value is -2.15. The number of hydrogen-bond donors (Lipinski definition) is 0. The minimum atomic E-state index is -0.674. The fourth-order valence-corrected chi connectivity index (χ4v) is 1.14. The van der Waals surface area contributed by atoms with Gasteiger partial charge in [0.25, 0.3) is 0 Å². The molecule has 0 aliphatic carbocycles. The van der Waals surface area contributed by atoms with Gasteiger partial charge in [-0.25, -0.2) is 9.18 Å². The topological polar surface area (TPSA) is 50.1 Å². The molecule has 3 nitrogen and oxygen atoms in total. The van der Waals surface area contributed by atoms with E-state index in [0.29, 0.717) is 5.56 Å². The average molecular weight is 233 g/mol. The second-order valence-corrected chi connectivity index (χ2v) is 3.68. The van der Waals surface area contributed by atoms with Crippen molar-refractivity contribution >= 4 is 12.0 Å². The predicted octanol–water partition coefficient (Wildman–Crippen LogP) is 2.68. The van der Waals surface area contributed by atoms with Gasteiger partial charge in [0.1, 0.15) is 17.5 Å². The molecule has 1 aromatic rings. The fraction of sp³-hybridized carbons (Fsp3) is 0.231. The third kappa shape index (κ3) is 4.07. The molecule has 0 unspecified atom stereocenters. The van der Waals surface area contributed by atoms with E-state index in [0.717, 1.165) is 0 Å². The zero-order chi connectivity index (χ0) is 12.8. The highest BCUT2D eigenvalue weighted by Gasteiger charge is 2.12. The molecule has 0 saturated heterocycles. The van der Waals surface area contributed by atoms with Crippen LogP contribution in [0.2, 0.25) is 0 Å². The Morgan fingerprint density at radius 2 is 2.00 bits per heavy atom. The molecule has 0 aliphatic heterocycles. The van der Waals surface area contributed by atoms with Gasteiger partial charge >= 0.3 is 5.97 Å². The van der Waals surface area contributed by atoms with Crippen LogP contribution in [0.25, 0.3) is 6.08 Å². The van der Waals surface area contributed by atoms with Crippen LogP contribution in [0, 0.1) is 17.1 Å². The van der Waals surface area contributed by atoms with E-state index in [9.17, 15) is 9.18 Å². The van der Waals surface area contributed by atoms with Crippen LogP contribution in [0.4, 0.5) is 4.39 Å². The van der Waals surface area contributed by atoms with E-state index in [1.807, 2.05) is 0 Å². The van der Waals surface area contributed by atoms with E-state index in [1.54, 1.807) is 19.9 Å². The standard InChI is InChI=1S/C13H12FNO2/c1-9(2)17-13(16)11(8-15)7-10-3-5-12(14)6-4-10/h3-7,9H,1-2H3/b11-7+. The molecule has 0 amide bonds. The lowest BCUT2D eigenvalue weighted by Gasteiger charge is -2.06. The van der Waals surface area contributed by atoms with Crippen molar-refractivity contribution in [2.45, 2.75) is 20.0 Å². The van der Waals surface area contributed by atoms with Crippen molar-refractivity contribution in [2.75, 3.05) is 0 Å². The van der Waals surface area contributed by atoms with Crippen molar-refractivity contribution in [3.05, 3.63) is 41.2 Å². The molecule has 0 N–H and O–H groups in total. The molecule has 0 heterocycles. The summed E-state index contributed by atoms with van der Waals surface area (Å²) in [7, 11) is 0. The van der Waals surface area contributed by atoms with Gasteiger partial charge in [-0.1, -0.05) is 12.1 Å². The lowest BCUT2D eigenvalue weighted by molar-refractivity contribution is -0.142. The lowest BCUT2D eigenvalue weighted by atomic mass is 10.1. The molecule has 1 rings (SSSR count). The maximum atomic E-state index is 12.7. The van der Waals surface area contributed by atoms with Crippen LogP contribution in [0.1, 0.15) is 19.4 Å². The number of esters is 1. The number of carbonyl (C=O) groups is 1. The quantitative estimate of drug-likeness (QED) is 0.458. The summed E-state index contributed by atoms with van der Waals surface area (Å²) in [6.45, 7) is 3.40. The molecule has 1 aromatic carbocycles. The van der Waals surface area contributed by atoms with Crippen LogP contribution in [-0.4, -0.2) is 12.1 Å². The predicted molar refractivity (Wildman–Crippen MR) is 61.2 cm³/mol. The Morgan fingerprint density at radius 1 is 1.41 bits per heavy atom. The molecule has 17 heavy (non-hydrogen) atoms. The van der Waals surface area contributed by atoms with Gasteiger partial charge in [-0.3, -0.25) is 0 Å². The van der Waals surface area contributed by atoms with Crippen LogP contribution >= 0.6 is 0 Å². The first-order valence-corrected chi connectivity index (χ1v) is 5.11.